The van der Waals surface area contributed by atoms with Gasteiger partial charge in [0.1, 0.15) is 5.75 Å². The summed E-state index contributed by atoms with van der Waals surface area (Å²) in [6.45, 7) is 4.16. The molecule has 112 valence electrons. The Bertz CT molecular complexity index is 400. The molecule has 0 heterocycles. The fourth-order valence-electron chi connectivity index (χ4n) is 3.13. The highest BCUT2D eigenvalue weighted by Crippen LogP contribution is 2.31. The number of hydrogen-bond acceptors (Lipinski definition) is 3. The maximum absolute atomic E-state index is 5.71. The molecule has 0 aliphatic heterocycles. The smallest absolute Gasteiger partial charge is 0.120 e. The highest BCUT2D eigenvalue weighted by molar-refractivity contribution is 5.51. The van der Waals surface area contributed by atoms with E-state index in [4.69, 9.17) is 10.5 Å². The minimum atomic E-state index is 0.657. The Morgan fingerprint density at radius 1 is 1.25 bits per heavy atom. The minimum absolute atomic E-state index is 0.657. The lowest BCUT2D eigenvalue weighted by atomic mass is 9.86. The summed E-state index contributed by atoms with van der Waals surface area (Å²) in [7, 11) is 1.73. The van der Waals surface area contributed by atoms with E-state index in [0.29, 0.717) is 6.04 Å². The SMILES string of the molecule is COc1cccc(N(CCCN)C2CCC(C)CC2)c1. The predicted molar refractivity (Wildman–Crippen MR) is 85.4 cm³/mol. The van der Waals surface area contributed by atoms with Crippen LogP contribution >= 0.6 is 0 Å². The van der Waals surface area contributed by atoms with Gasteiger partial charge in [0, 0.05) is 24.3 Å². The van der Waals surface area contributed by atoms with Gasteiger partial charge in [-0.15, -0.1) is 0 Å². The molecule has 1 aliphatic carbocycles. The number of methoxy groups -OCH3 is 1. The zero-order chi connectivity index (χ0) is 14.4. The molecule has 1 fully saturated rings. The van der Waals surface area contributed by atoms with Gasteiger partial charge in [-0.05, 0) is 56.7 Å². The summed E-state index contributed by atoms with van der Waals surface area (Å²) < 4.78 is 5.36. The number of nitrogens with two attached hydrogens (primary N) is 1. The topological polar surface area (TPSA) is 38.5 Å². The molecule has 20 heavy (non-hydrogen) atoms. The van der Waals surface area contributed by atoms with E-state index in [1.807, 2.05) is 6.07 Å². The molecule has 3 heteroatoms. The molecule has 0 radical (unpaired) electrons. The molecular formula is C17H28N2O. The maximum Gasteiger partial charge on any atom is 0.120 e. The number of hydrogen-bond donors (Lipinski definition) is 1. The molecule has 1 aromatic rings. The average molecular weight is 276 g/mol. The van der Waals surface area contributed by atoms with Gasteiger partial charge in [0.15, 0.2) is 0 Å². The molecule has 1 aromatic carbocycles. The van der Waals surface area contributed by atoms with Gasteiger partial charge in [0.05, 0.1) is 7.11 Å². The second-order valence-corrected chi connectivity index (χ2v) is 5.95. The Morgan fingerprint density at radius 3 is 2.65 bits per heavy atom. The Morgan fingerprint density at radius 2 is 2.00 bits per heavy atom. The third-order valence-corrected chi connectivity index (χ3v) is 4.41. The summed E-state index contributed by atoms with van der Waals surface area (Å²) >= 11 is 0. The third kappa shape index (κ3) is 3.89. The first-order chi connectivity index (χ1) is 9.74. The lowest BCUT2D eigenvalue weighted by molar-refractivity contribution is 0.333. The number of benzene rings is 1. The van der Waals surface area contributed by atoms with Crippen molar-refractivity contribution in [2.24, 2.45) is 11.7 Å². The van der Waals surface area contributed by atoms with Crippen molar-refractivity contribution in [2.45, 2.75) is 45.1 Å². The molecule has 1 saturated carbocycles. The van der Waals surface area contributed by atoms with Crippen molar-refractivity contribution >= 4 is 5.69 Å². The van der Waals surface area contributed by atoms with Crippen LogP contribution in [-0.2, 0) is 0 Å². The second-order valence-electron chi connectivity index (χ2n) is 5.95. The first-order valence-corrected chi connectivity index (χ1v) is 7.85. The van der Waals surface area contributed by atoms with E-state index in [9.17, 15) is 0 Å². The van der Waals surface area contributed by atoms with E-state index >= 15 is 0 Å². The summed E-state index contributed by atoms with van der Waals surface area (Å²) in [4.78, 5) is 2.54. The summed E-state index contributed by atoms with van der Waals surface area (Å²) in [5.41, 5.74) is 6.99. The highest BCUT2D eigenvalue weighted by atomic mass is 16.5. The molecule has 0 spiro atoms. The summed E-state index contributed by atoms with van der Waals surface area (Å²) in [6.07, 6.45) is 6.32. The Labute approximate surface area is 123 Å². The lowest BCUT2D eigenvalue weighted by Crippen LogP contribution is -2.39. The summed E-state index contributed by atoms with van der Waals surface area (Å²) in [5, 5.41) is 0. The van der Waals surface area contributed by atoms with Gasteiger partial charge in [-0.25, -0.2) is 0 Å². The monoisotopic (exact) mass is 276 g/mol. The van der Waals surface area contributed by atoms with Gasteiger partial charge in [0.2, 0.25) is 0 Å². The molecule has 2 rings (SSSR count). The van der Waals surface area contributed by atoms with Crippen LogP contribution in [0.1, 0.15) is 39.0 Å². The highest BCUT2D eigenvalue weighted by Gasteiger charge is 2.24. The fraction of sp³-hybridized carbons (Fsp3) is 0.647. The zero-order valence-corrected chi connectivity index (χ0v) is 12.8. The number of rotatable bonds is 6. The van der Waals surface area contributed by atoms with Crippen LogP contribution in [0, 0.1) is 5.92 Å². The van der Waals surface area contributed by atoms with Gasteiger partial charge < -0.3 is 15.4 Å². The van der Waals surface area contributed by atoms with E-state index in [-0.39, 0.29) is 0 Å². The Kier molecular flexibility index (Phi) is 5.72. The van der Waals surface area contributed by atoms with Gasteiger partial charge in [-0.3, -0.25) is 0 Å². The van der Waals surface area contributed by atoms with E-state index in [0.717, 1.165) is 31.2 Å². The van der Waals surface area contributed by atoms with E-state index < -0.39 is 0 Å². The Balaban J connectivity index is 2.13. The minimum Gasteiger partial charge on any atom is -0.497 e. The van der Waals surface area contributed by atoms with Crippen molar-refractivity contribution < 1.29 is 4.74 Å². The fourth-order valence-corrected chi connectivity index (χ4v) is 3.13. The molecule has 1 aliphatic rings. The predicted octanol–water partition coefficient (Wildman–Crippen LogP) is 3.43. The molecule has 2 N–H and O–H groups in total. The average Bonchev–Trinajstić information content (AvgIpc) is 2.49. The zero-order valence-electron chi connectivity index (χ0n) is 12.8. The van der Waals surface area contributed by atoms with Crippen LogP contribution < -0.4 is 15.4 Å². The van der Waals surface area contributed by atoms with Gasteiger partial charge in [-0.1, -0.05) is 13.0 Å². The summed E-state index contributed by atoms with van der Waals surface area (Å²) in [6, 6.07) is 9.08. The Hall–Kier alpha value is -1.22. The normalized spacial score (nSPS) is 22.6. The molecular weight excluding hydrogens is 248 g/mol. The van der Waals surface area contributed by atoms with E-state index in [1.165, 1.54) is 31.4 Å². The van der Waals surface area contributed by atoms with Crippen LogP contribution in [-0.4, -0.2) is 26.2 Å². The lowest BCUT2D eigenvalue weighted by Gasteiger charge is -2.38. The molecule has 0 aromatic heterocycles. The molecule has 0 bridgehead atoms. The first kappa shape index (κ1) is 15.2. The van der Waals surface area contributed by atoms with Crippen LogP contribution in [0.4, 0.5) is 5.69 Å². The van der Waals surface area contributed by atoms with Gasteiger partial charge in [0.25, 0.3) is 0 Å². The quantitative estimate of drug-likeness (QED) is 0.865. The summed E-state index contributed by atoms with van der Waals surface area (Å²) in [5.74, 6) is 1.82. The number of ether oxygens (including phenoxy) is 1. The number of nitrogens with zero attached hydrogens (tertiary/aromatic N) is 1. The van der Waals surface area contributed by atoms with Gasteiger partial charge in [-0.2, -0.15) is 0 Å². The van der Waals surface area contributed by atoms with Gasteiger partial charge >= 0.3 is 0 Å². The second kappa shape index (κ2) is 7.53. The molecule has 0 atom stereocenters. The molecule has 0 saturated heterocycles. The van der Waals surface area contributed by atoms with Crippen LogP contribution in [0.25, 0.3) is 0 Å². The first-order valence-electron chi connectivity index (χ1n) is 7.85. The molecule has 3 nitrogen and oxygen atoms in total. The number of anilines is 1. The molecule has 0 amide bonds. The van der Waals surface area contributed by atoms with Crippen LogP contribution in [0.15, 0.2) is 24.3 Å². The van der Waals surface area contributed by atoms with Crippen molar-refractivity contribution in [1.29, 1.82) is 0 Å². The molecule has 0 unspecified atom stereocenters. The standard InChI is InChI=1S/C17H28N2O/c1-14-7-9-15(10-8-14)19(12-4-11-18)16-5-3-6-17(13-16)20-2/h3,5-6,13-15H,4,7-12,18H2,1-2H3. The van der Waals surface area contributed by atoms with Crippen molar-refractivity contribution in [3.05, 3.63) is 24.3 Å². The van der Waals surface area contributed by atoms with Crippen LogP contribution in [0.5, 0.6) is 5.75 Å². The van der Waals surface area contributed by atoms with Crippen molar-refractivity contribution in [3.8, 4) is 5.75 Å². The van der Waals surface area contributed by atoms with Crippen LogP contribution in [0.2, 0.25) is 0 Å². The van der Waals surface area contributed by atoms with Crippen molar-refractivity contribution in [3.63, 3.8) is 0 Å². The maximum atomic E-state index is 5.71. The third-order valence-electron chi connectivity index (χ3n) is 4.41. The largest absolute Gasteiger partial charge is 0.497 e. The van der Waals surface area contributed by atoms with E-state index in [1.54, 1.807) is 7.11 Å². The van der Waals surface area contributed by atoms with Crippen molar-refractivity contribution in [1.82, 2.24) is 0 Å². The van der Waals surface area contributed by atoms with Crippen LogP contribution in [0.3, 0.4) is 0 Å². The van der Waals surface area contributed by atoms with Crippen molar-refractivity contribution in [2.75, 3.05) is 25.1 Å². The van der Waals surface area contributed by atoms with E-state index in [2.05, 4.69) is 30.0 Å².